The van der Waals surface area contributed by atoms with E-state index in [4.69, 9.17) is 0 Å². The number of allylic oxidation sites excluding steroid dienone is 1. The molecule has 0 radical (unpaired) electrons. The molecule has 1 aliphatic carbocycles. The molecule has 1 nitrogen and oxygen atoms in total. The molecule has 0 unspecified atom stereocenters. The lowest BCUT2D eigenvalue weighted by molar-refractivity contribution is 0.768. The summed E-state index contributed by atoms with van der Waals surface area (Å²) < 4.78 is 0. The van der Waals surface area contributed by atoms with Crippen molar-refractivity contribution in [2.75, 3.05) is 4.90 Å². The summed E-state index contributed by atoms with van der Waals surface area (Å²) in [5, 5.41) is 0. The van der Waals surface area contributed by atoms with E-state index < -0.39 is 5.41 Å². The van der Waals surface area contributed by atoms with E-state index in [0.717, 1.165) is 23.5 Å². The molecule has 0 fully saturated rings. The van der Waals surface area contributed by atoms with Crippen molar-refractivity contribution in [2.24, 2.45) is 0 Å². The van der Waals surface area contributed by atoms with Crippen LogP contribution < -0.4 is 4.90 Å². The highest BCUT2D eigenvalue weighted by atomic mass is 15.1. The Balaban J connectivity index is 1.15. The molecule has 0 amide bonds. The molecule has 0 N–H and O–H groups in total. The molecular formula is C52H39N. The summed E-state index contributed by atoms with van der Waals surface area (Å²) in [5.41, 5.74) is 15.7. The highest BCUT2D eigenvalue weighted by Crippen LogP contribution is 2.57. The molecule has 0 saturated carbocycles. The Morgan fingerprint density at radius 3 is 1.55 bits per heavy atom. The van der Waals surface area contributed by atoms with E-state index in [1.807, 2.05) is 0 Å². The van der Waals surface area contributed by atoms with Crippen LogP contribution >= 0.6 is 0 Å². The zero-order valence-electron chi connectivity index (χ0n) is 29.5. The second-order valence-electron chi connectivity index (χ2n) is 13.7. The Morgan fingerprint density at radius 1 is 0.415 bits per heavy atom. The lowest BCUT2D eigenvalue weighted by Gasteiger charge is -2.34. The van der Waals surface area contributed by atoms with E-state index in [2.05, 4.69) is 229 Å². The van der Waals surface area contributed by atoms with Crippen molar-refractivity contribution < 1.29 is 0 Å². The van der Waals surface area contributed by atoms with Crippen LogP contribution in [-0.2, 0) is 11.8 Å². The van der Waals surface area contributed by atoms with E-state index in [9.17, 15) is 0 Å². The predicted octanol–water partition coefficient (Wildman–Crippen LogP) is 13.3. The van der Waals surface area contributed by atoms with Crippen LogP contribution in [0.3, 0.4) is 0 Å². The van der Waals surface area contributed by atoms with Gasteiger partial charge in [-0.3, -0.25) is 0 Å². The van der Waals surface area contributed by atoms with Crippen molar-refractivity contribution in [1.29, 1.82) is 0 Å². The molecule has 8 aromatic carbocycles. The van der Waals surface area contributed by atoms with E-state index in [1.165, 1.54) is 55.6 Å². The lowest BCUT2D eigenvalue weighted by Crippen LogP contribution is -2.28. The Labute approximate surface area is 312 Å². The van der Waals surface area contributed by atoms with Crippen LogP contribution in [0.4, 0.5) is 17.1 Å². The van der Waals surface area contributed by atoms with Gasteiger partial charge in [0.1, 0.15) is 0 Å². The number of anilines is 3. The molecule has 0 aliphatic heterocycles. The highest BCUT2D eigenvalue weighted by Gasteiger charge is 2.46. The third-order valence-electron chi connectivity index (χ3n) is 10.6. The number of hydrogen-bond acceptors (Lipinski definition) is 1. The van der Waals surface area contributed by atoms with Gasteiger partial charge in [0.05, 0.1) is 5.41 Å². The summed E-state index contributed by atoms with van der Waals surface area (Å²) >= 11 is 0. The monoisotopic (exact) mass is 677 g/mol. The number of nitrogens with zero attached hydrogens (tertiary/aromatic N) is 1. The first-order valence-corrected chi connectivity index (χ1v) is 18.4. The second-order valence-corrected chi connectivity index (χ2v) is 13.7. The molecular weight excluding hydrogens is 639 g/mol. The average Bonchev–Trinajstić information content (AvgIpc) is 3.53. The Hall–Kier alpha value is -6.70. The van der Waals surface area contributed by atoms with Crippen LogP contribution in [0.15, 0.2) is 218 Å². The molecule has 0 spiro atoms. The van der Waals surface area contributed by atoms with Gasteiger partial charge in [-0.1, -0.05) is 188 Å². The molecule has 0 saturated heterocycles. The Morgan fingerprint density at radius 2 is 0.906 bits per heavy atom. The number of benzene rings is 8. The number of fused-ring (bicyclic) bond motifs is 3. The van der Waals surface area contributed by atoms with E-state index in [0.29, 0.717) is 0 Å². The second kappa shape index (κ2) is 14.1. The fourth-order valence-corrected chi connectivity index (χ4v) is 8.22. The van der Waals surface area contributed by atoms with Gasteiger partial charge < -0.3 is 4.90 Å². The molecule has 53 heavy (non-hydrogen) atoms. The number of hydrogen-bond donors (Lipinski definition) is 0. The Bertz CT molecular complexity index is 2450. The van der Waals surface area contributed by atoms with Gasteiger partial charge in [0.15, 0.2) is 0 Å². The van der Waals surface area contributed by atoms with Crippen molar-refractivity contribution in [3.05, 3.63) is 257 Å². The van der Waals surface area contributed by atoms with Crippen molar-refractivity contribution in [1.82, 2.24) is 0 Å². The van der Waals surface area contributed by atoms with Crippen LogP contribution in [0.2, 0.25) is 0 Å². The molecule has 252 valence electrons. The maximum Gasteiger partial charge on any atom is 0.0713 e. The highest BCUT2D eigenvalue weighted by molar-refractivity contribution is 5.90. The van der Waals surface area contributed by atoms with Gasteiger partial charge in [0.25, 0.3) is 0 Å². The zero-order valence-corrected chi connectivity index (χ0v) is 29.5. The maximum absolute atomic E-state index is 2.40. The van der Waals surface area contributed by atoms with Gasteiger partial charge in [-0.2, -0.15) is 0 Å². The number of para-hydroxylation sites is 1. The third kappa shape index (κ3) is 5.97. The van der Waals surface area contributed by atoms with Crippen molar-refractivity contribution in [3.8, 4) is 11.1 Å². The average molecular weight is 678 g/mol. The van der Waals surface area contributed by atoms with Gasteiger partial charge in [-0.15, -0.1) is 0 Å². The summed E-state index contributed by atoms with van der Waals surface area (Å²) in [7, 11) is 0. The molecule has 1 heteroatoms. The summed E-state index contributed by atoms with van der Waals surface area (Å²) in [4.78, 5) is 2.38. The number of rotatable bonds is 9. The minimum atomic E-state index is -0.421. The van der Waals surface area contributed by atoms with Gasteiger partial charge in [-0.05, 0) is 98.5 Å². The van der Waals surface area contributed by atoms with Gasteiger partial charge in [0, 0.05) is 17.1 Å². The third-order valence-corrected chi connectivity index (χ3v) is 10.6. The van der Waals surface area contributed by atoms with E-state index in [-0.39, 0.29) is 0 Å². The van der Waals surface area contributed by atoms with Crippen LogP contribution in [0.5, 0.6) is 0 Å². The van der Waals surface area contributed by atoms with Crippen molar-refractivity contribution in [3.63, 3.8) is 0 Å². The standard InChI is InChI=1S/C52H39N/c1-6-18-39(19-7-1)36-42(41-20-8-2-9-21-41)37-40-30-32-46(33-31-40)53(45-26-14-5-15-27-45)47-34-35-51-49(38-47)48-28-16-17-29-50(48)52(51,43-22-10-3-11-23-43)44-24-12-4-13-25-44/h1-36,38H,37H2/b42-36-. The summed E-state index contributed by atoms with van der Waals surface area (Å²) in [6, 6.07) is 79.2. The lowest BCUT2D eigenvalue weighted by atomic mass is 9.68. The molecule has 1 aliphatic rings. The van der Waals surface area contributed by atoms with Crippen molar-refractivity contribution in [2.45, 2.75) is 11.8 Å². The molecule has 9 rings (SSSR count). The topological polar surface area (TPSA) is 3.24 Å². The quantitative estimate of drug-likeness (QED) is 0.137. The molecule has 0 bridgehead atoms. The van der Waals surface area contributed by atoms with E-state index >= 15 is 0 Å². The summed E-state index contributed by atoms with van der Waals surface area (Å²) in [5.74, 6) is 0. The van der Waals surface area contributed by atoms with E-state index in [1.54, 1.807) is 0 Å². The summed E-state index contributed by atoms with van der Waals surface area (Å²) in [6.45, 7) is 0. The molecule has 0 atom stereocenters. The van der Waals surface area contributed by atoms with Gasteiger partial charge in [0.2, 0.25) is 0 Å². The first kappa shape index (κ1) is 32.2. The predicted molar refractivity (Wildman–Crippen MR) is 223 cm³/mol. The Kier molecular flexibility index (Phi) is 8.60. The largest absolute Gasteiger partial charge is 0.310 e. The first-order chi connectivity index (χ1) is 26.3. The van der Waals surface area contributed by atoms with Crippen LogP contribution in [0, 0.1) is 0 Å². The zero-order chi connectivity index (χ0) is 35.5. The fourth-order valence-electron chi connectivity index (χ4n) is 8.22. The van der Waals surface area contributed by atoms with Crippen LogP contribution in [0.1, 0.15) is 38.9 Å². The fraction of sp³-hybridized carbons (Fsp3) is 0.0385. The first-order valence-electron chi connectivity index (χ1n) is 18.4. The minimum absolute atomic E-state index is 0.421. The minimum Gasteiger partial charge on any atom is -0.310 e. The SMILES string of the molecule is C(=C(\Cc1ccc(N(c2ccccc2)c2ccc3c(c2)-c2ccccc2C3(c2ccccc2)c2ccccc2)cc1)c1ccccc1)/c1ccccc1. The smallest absolute Gasteiger partial charge is 0.0713 e. The normalized spacial score (nSPS) is 12.9. The van der Waals surface area contributed by atoms with Crippen LogP contribution in [0.25, 0.3) is 22.8 Å². The molecule has 8 aromatic rings. The summed E-state index contributed by atoms with van der Waals surface area (Å²) in [6.07, 6.45) is 3.15. The molecule has 0 heterocycles. The van der Waals surface area contributed by atoms with Gasteiger partial charge in [-0.25, -0.2) is 0 Å². The van der Waals surface area contributed by atoms with Crippen LogP contribution in [-0.4, -0.2) is 0 Å². The van der Waals surface area contributed by atoms with Gasteiger partial charge >= 0.3 is 0 Å². The van der Waals surface area contributed by atoms with Crippen molar-refractivity contribution >= 4 is 28.7 Å². The maximum atomic E-state index is 2.40. The molecule has 0 aromatic heterocycles.